The van der Waals surface area contributed by atoms with Gasteiger partial charge in [0.1, 0.15) is 5.76 Å². The third-order valence-electron chi connectivity index (χ3n) is 4.90. The zero-order chi connectivity index (χ0) is 20.7. The van der Waals surface area contributed by atoms with Crippen LogP contribution >= 0.6 is 33.9 Å². The van der Waals surface area contributed by atoms with E-state index in [9.17, 15) is 14.7 Å². The van der Waals surface area contributed by atoms with Gasteiger partial charge in [0, 0.05) is 20.7 Å². The Morgan fingerprint density at radius 2 is 1.86 bits per heavy atom. The number of carbonyl (C=O) groups is 2. The number of aryl methyl sites for hydroxylation is 2. The Morgan fingerprint density at radius 3 is 2.52 bits per heavy atom. The molecule has 4 rings (SSSR count). The number of anilines is 1. The maximum atomic E-state index is 13.0. The highest BCUT2D eigenvalue weighted by molar-refractivity contribution is 14.1. The van der Waals surface area contributed by atoms with Crippen molar-refractivity contribution >= 4 is 56.5 Å². The van der Waals surface area contributed by atoms with Crippen LogP contribution in [0.25, 0.3) is 5.76 Å². The number of halogens is 1. The van der Waals surface area contributed by atoms with Gasteiger partial charge >= 0.3 is 5.91 Å². The molecule has 2 aromatic carbocycles. The lowest BCUT2D eigenvalue weighted by Gasteiger charge is -2.23. The van der Waals surface area contributed by atoms with E-state index in [0.29, 0.717) is 10.7 Å². The molecule has 1 atom stereocenters. The van der Waals surface area contributed by atoms with Crippen molar-refractivity contribution in [2.75, 3.05) is 4.90 Å². The molecule has 1 aliphatic rings. The lowest BCUT2D eigenvalue weighted by atomic mass is 9.93. The minimum absolute atomic E-state index is 0.0834. The van der Waals surface area contributed by atoms with Crippen LogP contribution in [0.2, 0.25) is 0 Å². The number of ketones is 1. The monoisotopic (exact) mass is 516 g/mol. The number of aromatic nitrogens is 1. The standard InChI is InChI=1S/C22H17IN2O3S/c1-12-3-4-13(2)16(11-12)19(26)17-18(14-5-7-15(23)8-6-14)25(21(28)20(17)27)22-24-9-10-29-22/h3-11,18,26H,1-2H3. The SMILES string of the molecule is Cc1ccc(C)c(C(O)=C2C(=O)C(=O)N(c3nccs3)C2c2ccc(I)cc2)c1. The fourth-order valence-electron chi connectivity index (χ4n) is 3.46. The molecule has 0 spiro atoms. The van der Waals surface area contributed by atoms with Gasteiger partial charge in [-0.3, -0.25) is 14.5 Å². The van der Waals surface area contributed by atoms with Gasteiger partial charge in [0.25, 0.3) is 5.78 Å². The van der Waals surface area contributed by atoms with Crippen LogP contribution < -0.4 is 4.90 Å². The first-order chi connectivity index (χ1) is 13.9. The van der Waals surface area contributed by atoms with Gasteiger partial charge in [0.15, 0.2) is 5.13 Å². The topological polar surface area (TPSA) is 70.5 Å². The molecule has 0 aliphatic carbocycles. The van der Waals surface area contributed by atoms with E-state index in [1.165, 1.54) is 16.2 Å². The van der Waals surface area contributed by atoms with Gasteiger partial charge in [0.05, 0.1) is 11.6 Å². The summed E-state index contributed by atoms with van der Waals surface area (Å²) in [6, 6.07) is 12.5. The quantitative estimate of drug-likeness (QED) is 0.231. The number of rotatable bonds is 3. The Labute approximate surface area is 185 Å². The van der Waals surface area contributed by atoms with Gasteiger partial charge in [-0.2, -0.15) is 0 Å². The molecule has 1 N–H and O–H groups in total. The van der Waals surface area contributed by atoms with Gasteiger partial charge in [-0.05, 0) is 65.8 Å². The molecule has 2 heterocycles. The summed E-state index contributed by atoms with van der Waals surface area (Å²) in [5.74, 6) is -1.55. The Balaban J connectivity index is 1.97. The number of thiazole rings is 1. The summed E-state index contributed by atoms with van der Waals surface area (Å²) in [6.07, 6.45) is 1.59. The van der Waals surface area contributed by atoms with E-state index >= 15 is 0 Å². The van der Waals surface area contributed by atoms with Crippen molar-refractivity contribution in [3.63, 3.8) is 0 Å². The van der Waals surface area contributed by atoms with Crippen LogP contribution in [0.15, 0.2) is 59.6 Å². The molecule has 29 heavy (non-hydrogen) atoms. The molecule has 0 bridgehead atoms. The van der Waals surface area contributed by atoms with Gasteiger partial charge in [-0.1, -0.05) is 29.8 Å². The number of Topliss-reactive ketones (excluding diaryl/α,β-unsaturated/α-hetero) is 1. The fourth-order valence-corrected chi connectivity index (χ4v) is 4.49. The van der Waals surface area contributed by atoms with E-state index in [0.717, 1.165) is 20.3 Å². The Hall–Kier alpha value is -2.52. The minimum atomic E-state index is -0.738. The first kappa shape index (κ1) is 19.8. The molecule has 1 unspecified atom stereocenters. The van der Waals surface area contributed by atoms with E-state index in [1.807, 2.05) is 56.3 Å². The van der Waals surface area contributed by atoms with Crippen molar-refractivity contribution in [1.29, 1.82) is 0 Å². The van der Waals surface area contributed by atoms with Gasteiger partial charge in [-0.25, -0.2) is 4.98 Å². The van der Waals surface area contributed by atoms with E-state index in [-0.39, 0.29) is 11.3 Å². The Morgan fingerprint density at radius 1 is 1.14 bits per heavy atom. The van der Waals surface area contributed by atoms with Crippen molar-refractivity contribution in [2.24, 2.45) is 0 Å². The van der Waals surface area contributed by atoms with Crippen LogP contribution in [-0.2, 0) is 9.59 Å². The largest absolute Gasteiger partial charge is 0.507 e. The highest BCUT2D eigenvalue weighted by Crippen LogP contribution is 2.43. The summed E-state index contributed by atoms with van der Waals surface area (Å²) in [5.41, 5.74) is 3.16. The molecule has 0 radical (unpaired) electrons. The van der Waals surface area contributed by atoms with Crippen molar-refractivity contribution in [1.82, 2.24) is 4.98 Å². The smallest absolute Gasteiger partial charge is 0.301 e. The van der Waals surface area contributed by atoms with Crippen molar-refractivity contribution in [2.45, 2.75) is 19.9 Å². The summed E-state index contributed by atoms with van der Waals surface area (Å²) >= 11 is 3.48. The number of hydrogen-bond donors (Lipinski definition) is 1. The highest BCUT2D eigenvalue weighted by Gasteiger charge is 2.48. The Kier molecular flexibility index (Phi) is 5.26. The Bertz CT molecular complexity index is 1140. The number of nitrogens with zero attached hydrogens (tertiary/aromatic N) is 2. The third kappa shape index (κ3) is 3.49. The molecule has 1 fully saturated rings. The molecule has 0 saturated carbocycles. The molecular formula is C22H17IN2O3S. The first-order valence-corrected chi connectivity index (χ1v) is 10.9. The molecule has 1 amide bonds. The lowest BCUT2D eigenvalue weighted by molar-refractivity contribution is -0.132. The molecule has 146 valence electrons. The maximum absolute atomic E-state index is 13.0. The van der Waals surface area contributed by atoms with E-state index in [4.69, 9.17) is 0 Å². The van der Waals surface area contributed by atoms with Crippen LogP contribution in [-0.4, -0.2) is 21.8 Å². The van der Waals surface area contributed by atoms with Gasteiger partial charge in [-0.15, -0.1) is 11.3 Å². The zero-order valence-corrected chi connectivity index (χ0v) is 18.7. The molecule has 1 aromatic heterocycles. The first-order valence-electron chi connectivity index (χ1n) is 8.92. The second-order valence-corrected chi connectivity index (χ2v) is 8.97. The second kappa shape index (κ2) is 7.72. The van der Waals surface area contributed by atoms with Gasteiger partial charge < -0.3 is 5.11 Å². The van der Waals surface area contributed by atoms with Crippen molar-refractivity contribution in [3.8, 4) is 0 Å². The maximum Gasteiger partial charge on any atom is 0.301 e. The van der Waals surface area contributed by atoms with Crippen LogP contribution in [0.5, 0.6) is 0 Å². The fraction of sp³-hybridized carbons (Fsp3) is 0.136. The van der Waals surface area contributed by atoms with E-state index < -0.39 is 17.7 Å². The predicted octanol–water partition coefficient (Wildman–Crippen LogP) is 4.99. The highest BCUT2D eigenvalue weighted by atomic mass is 127. The summed E-state index contributed by atoms with van der Waals surface area (Å²) in [7, 11) is 0. The van der Waals surface area contributed by atoms with Crippen LogP contribution in [0.1, 0.15) is 28.3 Å². The average molecular weight is 516 g/mol. The van der Waals surface area contributed by atoms with Crippen LogP contribution in [0, 0.1) is 17.4 Å². The number of aliphatic hydroxyl groups is 1. The van der Waals surface area contributed by atoms with E-state index in [2.05, 4.69) is 27.6 Å². The third-order valence-corrected chi connectivity index (χ3v) is 6.39. The molecule has 1 saturated heterocycles. The average Bonchev–Trinajstić information content (AvgIpc) is 3.31. The lowest BCUT2D eigenvalue weighted by Crippen LogP contribution is -2.29. The normalized spacial score (nSPS) is 18.4. The van der Waals surface area contributed by atoms with Crippen LogP contribution in [0.4, 0.5) is 5.13 Å². The van der Waals surface area contributed by atoms with E-state index in [1.54, 1.807) is 11.6 Å². The number of carbonyl (C=O) groups excluding carboxylic acids is 2. The molecule has 1 aliphatic heterocycles. The zero-order valence-electron chi connectivity index (χ0n) is 15.7. The molecule has 3 aromatic rings. The second-order valence-electron chi connectivity index (χ2n) is 6.85. The van der Waals surface area contributed by atoms with Crippen LogP contribution in [0.3, 0.4) is 0 Å². The van der Waals surface area contributed by atoms with Gasteiger partial charge in [0.2, 0.25) is 0 Å². The van der Waals surface area contributed by atoms with Crippen molar-refractivity contribution < 1.29 is 14.7 Å². The van der Waals surface area contributed by atoms with Crippen molar-refractivity contribution in [3.05, 3.63) is 85.4 Å². The number of amides is 1. The minimum Gasteiger partial charge on any atom is -0.507 e. The number of benzene rings is 2. The molecule has 5 nitrogen and oxygen atoms in total. The summed E-state index contributed by atoms with van der Waals surface area (Å²) in [5, 5.41) is 13.4. The summed E-state index contributed by atoms with van der Waals surface area (Å²) < 4.78 is 1.03. The summed E-state index contributed by atoms with van der Waals surface area (Å²) in [4.78, 5) is 31.6. The predicted molar refractivity (Wildman–Crippen MR) is 122 cm³/mol. The number of aliphatic hydroxyl groups excluding tert-OH is 1. The number of hydrogen-bond acceptors (Lipinski definition) is 5. The molecule has 7 heteroatoms. The molecular weight excluding hydrogens is 499 g/mol. The summed E-state index contributed by atoms with van der Waals surface area (Å²) in [6.45, 7) is 3.78.